The van der Waals surface area contributed by atoms with Crippen molar-refractivity contribution >= 4 is 6.09 Å². The average Bonchev–Trinajstić information content (AvgIpc) is 2.68. The summed E-state index contributed by atoms with van der Waals surface area (Å²) in [5, 5.41) is 3.64. The van der Waals surface area contributed by atoms with Gasteiger partial charge in [-0.05, 0) is 60.2 Å². The molecule has 1 N–H and O–H groups in total. The molecule has 2 saturated heterocycles. The highest BCUT2D eigenvalue weighted by Crippen LogP contribution is 2.15. The molecule has 0 aromatic heterocycles. The molecule has 134 valence electrons. The molecule has 1 amide bonds. The predicted octanol–water partition coefficient (Wildman–Crippen LogP) is 1.70. The number of ether oxygens (including phenoxy) is 2. The molecule has 2 aliphatic rings. The minimum absolute atomic E-state index is 0.0552. The van der Waals surface area contributed by atoms with Gasteiger partial charge < -0.3 is 19.7 Å². The van der Waals surface area contributed by atoms with Crippen LogP contribution in [0.1, 0.15) is 40.0 Å². The molecule has 0 aromatic carbocycles. The first-order valence-electron chi connectivity index (χ1n) is 8.84. The lowest BCUT2D eigenvalue weighted by molar-refractivity contribution is -0.0322. The van der Waals surface area contributed by atoms with Crippen LogP contribution in [0.2, 0.25) is 0 Å². The highest BCUT2D eigenvalue weighted by Gasteiger charge is 2.31. The van der Waals surface area contributed by atoms with E-state index in [-0.39, 0.29) is 12.1 Å². The fourth-order valence-electron chi connectivity index (χ4n) is 3.13. The molecule has 2 unspecified atom stereocenters. The normalized spacial score (nSPS) is 27.6. The molecule has 2 atom stereocenters. The maximum atomic E-state index is 12.4. The maximum Gasteiger partial charge on any atom is 0.410 e. The first kappa shape index (κ1) is 18.5. The Hall–Kier alpha value is -0.850. The highest BCUT2D eigenvalue weighted by atomic mass is 16.6. The number of likely N-dealkylation sites (tertiary alicyclic amines) is 1. The third-order valence-corrected chi connectivity index (χ3v) is 4.45. The Bertz CT molecular complexity index is 384. The van der Waals surface area contributed by atoms with Gasteiger partial charge in [0.2, 0.25) is 0 Å². The second-order valence-electron chi connectivity index (χ2n) is 7.74. The summed E-state index contributed by atoms with van der Waals surface area (Å²) in [6.07, 6.45) is 3.36. The first-order chi connectivity index (χ1) is 10.8. The fraction of sp³-hybridized carbons (Fsp3) is 0.941. The average molecular weight is 327 g/mol. The Morgan fingerprint density at radius 1 is 1.26 bits per heavy atom. The Morgan fingerprint density at radius 2 is 2.04 bits per heavy atom. The number of hydrogen-bond acceptors (Lipinski definition) is 5. The zero-order valence-corrected chi connectivity index (χ0v) is 15.1. The van der Waals surface area contributed by atoms with Crippen molar-refractivity contribution < 1.29 is 14.3 Å². The van der Waals surface area contributed by atoms with Crippen molar-refractivity contribution in [2.24, 2.45) is 0 Å². The highest BCUT2D eigenvalue weighted by molar-refractivity contribution is 5.68. The van der Waals surface area contributed by atoms with Gasteiger partial charge in [-0.2, -0.15) is 0 Å². The van der Waals surface area contributed by atoms with E-state index in [1.807, 2.05) is 25.7 Å². The van der Waals surface area contributed by atoms with Gasteiger partial charge in [-0.25, -0.2) is 4.79 Å². The van der Waals surface area contributed by atoms with E-state index in [2.05, 4.69) is 17.3 Å². The van der Waals surface area contributed by atoms with Crippen LogP contribution in [-0.2, 0) is 9.47 Å². The summed E-state index contributed by atoms with van der Waals surface area (Å²) in [6.45, 7) is 10.6. The number of nitrogens with zero attached hydrogens (tertiary/aromatic N) is 2. The number of hydrogen-bond donors (Lipinski definition) is 1. The Labute approximate surface area is 140 Å². The zero-order valence-electron chi connectivity index (χ0n) is 15.1. The van der Waals surface area contributed by atoms with Crippen molar-refractivity contribution in [1.82, 2.24) is 15.1 Å². The monoisotopic (exact) mass is 327 g/mol. The molecule has 0 radical (unpaired) electrons. The van der Waals surface area contributed by atoms with Gasteiger partial charge in [0.1, 0.15) is 5.60 Å². The van der Waals surface area contributed by atoms with Gasteiger partial charge >= 0.3 is 6.09 Å². The number of morpholine rings is 1. The van der Waals surface area contributed by atoms with Crippen LogP contribution in [-0.4, -0.2) is 80.0 Å². The molecular weight excluding hydrogens is 294 g/mol. The molecule has 0 spiro atoms. The molecule has 0 aromatic rings. The number of nitrogens with one attached hydrogen (secondary N) is 1. The quantitative estimate of drug-likeness (QED) is 0.855. The smallest absolute Gasteiger partial charge is 0.410 e. The standard InChI is InChI=1S/C17H33N3O3/c1-17(2,3)23-16(21)20-10-11-22-13-15(20)12-18-14-6-5-8-19(4)9-7-14/h14-15,18H,5-13H2,1-4H3. The van der Waals surface area contributed by atoms with E-state index in [1.165, 1.54) is 19.4 Å². The number of amides is 1. The summed E-state index contributed by atoms with van der Waals surface area (Å²) < 4.78 is 11.1. The van der Waals surface area contributed by atoms with E-state index in [4.69, 9.17) is 9.47 Å². The topological polar surface area (TPSA) is 54.0 Å². The van der Waals surface area contributed by atoms with Crippen LogP contribution in [0.3, 0.4) is 0 Å². The maximum absolute atomic E-state index is 12.4. The molecule has 2 aliphatic heterocycles. The summed E-state index contributed by atoms with van der Waals surface area (Å²) >= 11 is 0. The van der Waals surface area contributed by atoms with E-state index in [9.17, 15) is 4.79 Å². The summed E-state index contributed by atoms with van der Waals surface area (Å²) in [7, 11) is 2.18. The fourth-order valence-corrected chi connectivity index (χ4v) is 3.13. The Morgan fingerprint density at radius 3 is 2.78 bits per heavy atom. The lowest BCUT2D eigenvalue weighted by Gasteiger charge is -2.37. The van der Waals surface area contributed by atoms with Crippen molar-refractivity contribution in [3.05, 3.63) is 0 Å². The summed E-state index contributed by atoms with van der Waals surface area (Å²) in [4.78, 5) is 16.6. The van der Waals surface area contributed by atoms with E-state index in [1.54, 1.807) is 0 Å². The van der Waals surface area contributed by atoms with E-state index < -0.39 is 5.60 Å². The van der Waals surface area contributed by atoms with E-state index >= 15 is 0 Å². The third kappa shape index (κ3) is 6.28. The molecule has 23 heavy (non-hydrogen) atoms. The Kier molecular flexibility index (Phi) is 6.68. The number of rotatable bonds is 3. The van der Waals surface area contributed by atoms with Gasteiger partial charge in [0.15, 0.2) is 0 Å². The van der Waals surface area contributed by atoms with Crippen molar-refractivity contribution in [2.75, 3.05) is 46.4 Å². The van der Waals surface area contributed by atoms with Crippen LogP contribution in [0, 0.1) is 0 Å². The van der Waals surface area contributed by atoms with Crippen LogP contribution in [0.15, 0.2) is 0 Å². The molecule has 6 nitrogen and oxygen atoms in total. The summed E-state index contributed by atoms with van der Waals surface area (Å²) in [6, 6.07) is 0.585. The van der Waals surface area contributed by atoms with Crippen LogP contribution in [0.25, 0.3) is 0 Å². The molecule has 2 rings (SSSR count). The molecular formula is C17H33N3O3. The first-order valence-corrected chi connectivity index (χ1v) is 8.84. The Balaban J connectivity index is 1.84. The van der Waals surface area contributed by atoms with Gasteiger partial charge in [0, 0.05) is 19.1 Å². The van der Waals surface area contributed by atoms with Gasteiger partial charge in [0.05, 0.1) is 19.3 Å². The molecule has 6 heteroatoms. The zero-order chi connectivity index (χ0) is 16.9. The summed E-state index contributed by atoms with van der Waals surface area (Å²) in [5.41, 5.74) is -0.459. The van der Waals surface area contributed by atoms with Crippen LogP contribution >= 0.6 is 0 Å². The van der Waals surface area contributed by atoms with Crippen LogP contribution in [0.5, 0.6) is 0 Å². The molecule has 2 fully saturated rings. The molecule has 0 aliphatic carbocycles. The van der Waals surface area contributed by atoms with Crippen molar-refractivity contribution in [3.8, 4) is 0 Å². The second-order valence-corrected chi connectivity index (χ2v) is 7.74. The minimum atomic E-state index is -0.459. The van der Waals surface area contributed by atoms with Gasteiger partial charge in [-0.15, -0.1) is 0 Å². The van der Waals surface area contributed by atoms with Crippen molar-refractivity contribution in [3.63, 3.8) is 0 Å². The van der Waals surface area contributed by atoms with Crippen LogP contribution in [0.4, 0.5) is 4.79 Å². The third-order valence-electron chi connectivity index (χ3n) is 4.45. The van der Waals surface area contributed by atoms with Gasteiger partial charge in [-0.3, -0.25) is 4.90 Å². The largest absolute Gasteiger partial charge is 0.444 e. The van der Waals surface area contributed by atoms with Crippen LogP contribution < -0.4 is 5.32 Å². The molecule has 2 heterocycles. The lowest BCUT2D eigenvalue weighted by atomic mass is 10.1. The SMILES string of the molecule is CN1CCCC(NCC2COCCN2C(=O)OC(C)(C)C)CC1. The lowest BCUT2D eigenvalue weighted by Crippen LogP contribution is -2.55. The van der Waals surface area contributed by atoms with Crippen molar-refractivity contribution in [2.45, 2.75) is 57.7 Å². The van der Waals surface area contributed by atoms with Crippen molar-refractivity contribution in [1.29, 1.82) is 0 Å². The number of carbonyl (C=O) groups is 1. The minimum Gasteiger partial charge on any atom is -0.444 e. The predicted molar refractivity (Wildman–Crippen MR) is 90.7 cm³/mol. The molecule has 0 saturated carbocycles. The molecule has 0 bridgehead atoms. The van der Waals surface area contributed by atoms with Gasteiger partial charge in [-0.1, -0.05) is 0 Å². The summed E-state index contributed by atoms with van der Waals surface area (Å²) in [5.74, 6) is 0. The number of carbonyl (C=O) groups excluding carboxylic acids is 1. The van der Waals surface area contributed by atoms with E-state index in [0.29, 0.717) is 25.8 Å². The second kappa shape index (κ2) is 8.31. The van der Waals surface area contributed by atoms with Gasteiger partial charge in [0.25, 0.3) is 0 Å². The van der Waals surface area contributed by atoms with E-state index in [0.717, 1.165) is 19.5 Å².